The van der Waals surface area contributed by atoms with E-state index in [1.807, 2.05) is 17.2 Å². The minimum absolute atomic E-state index is 0.125. The third-order valence-corrected chi connectivity index (χ3v) is 6.69. The van der Waals surface area contributed by atoms with Crippen molar-refractivity contribution in [2.24, 2.45) is 7.05 Å². The molecule has 2 aromatic heterocycles. The number of nitrogens with one attached hydrogen (secondary N) is 1. The molecule has 3 heterocycles. The van der Waals surface area contributed by atoms with Gasteiger partial charge in [0, 0.05) is 55.8 Å². The number of furan rings is 1. The smallest absolute Gasteiger partial charge is 0.328 e. The second-order valence-electron chi connectivity index (χ2n) is 7.76. The number of ether oxygens (including phenoxy) is 1. The lowest BCUT2D eigenvalue weighted by molar-refractivity contribution is 0.0956. The van der Waals surface area contributed by atoms with Gasteiger partial charge in [0.25, 0.3) is 0 Å². The Morgan fingerprint density at radius 3 is 2.73 bits per heavy atom. The fourth-order valence-corrected chi connectivity index (χ4v) is 4.66. The van der Waals surface area contributed by atoms with Crippen LogP contribution in [0.15, 0.2) is 58.1 Å². The van der Waals surface area contributed by atoms with E-state index >= 15 is 0 Å². The van der Waals surface area contributed by atoms with Crippen molar-refractivity contribution < 1.29 is 22.9 Å². The Hall–Kier alpha value is -3.50. The summed E-state index contributed by atoms with van der Waals surface area (Å²) in [5.41, 5.74) is 2.58. The van der Waals surface area contributed by atoms with Crippen molar-refractivity contribution in [1.82, 2.24) is 14.5 Å². The van der Waals surface area contributed by atoms with Crippen molar-refractivity contribution in [2.45, 2.75) is 11.3 Å². The van der Waals surface area contributed by atoms with E-state index in [0.717, 1.165) is 30.6 Å². The van der Waals surface area contributed by atoms with Gasteiger partial charge in [-0.2, -0.15) is 9.82 Å². The van der Waals surface area contributed by atoms with E-state index in [0.29, 0.717) is 11.4 Å². The summed E-state index contributed by atoms with van der Waals surface area (Å²) in [7, 11) is 3.26. The number of halogens is 1. The summed E-state index contributed by atoms with van der Waals surface area (Å²) < 4.78 is 42.6. The summed E-state index contributed by atoms with van der Waals surface area (Å²) in [5, 5.41) is 4.35. The second kappa shape index (κ2) is 8.45. The normalized spacial score (nSPS) is 14.2. The Kier molecular flexibility index (Phi) is 5.47. The van der Waals surface area contributed by atoms with Gasteiger partial charge in [-0.05, 0) is 24.1 Å². The number of hydrogen-bond acceptors (Lipinski definition) is 6. The molecule has 4 aromatic rings. The van der Waals surface area contributed by atoms with E-state index in [9.17, 15) is 13.7 Å². The van der Waals surface area contributed by atoms with Crippen LogP contribution in [0, 0.1) is 5.82 Å². The predicted octanol–water partition coefficient (Wildman–Crippen LogP) is 3.64. The molecule has 33 heavy (non-hydrogen) atoms. The number of aromatic nitrogens is 2. The van der Waals surface area contributed by atoms with E-state index in [-0.39, 0.29) is 21.6 Å². The first kappa shape index (κ1) is 21.4. The maximum absolute atomic E-state index is 14.6. The van der Waals surface area contributed by atoms with E-state index in [1.165, 1.54) is 19.2 Å². The van der Waals surface area contributed by atoms with Gasteiger partial charge < -0.3 is 18.6 Å². The monoisotopic (exact) mass is 468 g/mol. The van der Waals surface area contributed by atoms with Crippen LogP contribution in [-0.4, -0.2) is 40.4 Å². The maximum Gasteiger partial charge on any atom is 0.328 e. The second-order valence-corrected chi connectivity index (χ2v) is 8.94. The molecule has 0 radical (unpaired) electrons. The third kappa shape index (κ3) is 4.03. The van der Waals surface area contributed by atoms with Gasteiger partial charge in [-0.3, -0.25) is 9.48 Å². The quantitative estimate of drug-likeness (QED) is 0.434. The number of benzene rings is 2. The van der Waals surface area contributed by atoms with Crippen LogP contribution < -0.4 is 14.4 Å². The molecular weight excluding hydrogens is 447 g/mol. The minimum atomic E-state index is -1.95. The Labute approximate surface area is 192 Å². The van der Waals surface area contributed by atoms with Crippen LogP contribution in [0.4, 0.5) is 10.1 Å². The van der Waals surface area contributed by atoms with Gasteiger partial charge in [0.05, 0.1) is 18.7 Å². The first-order valence-electron chi connectivity index (χ1n) is 10.3. The number of amides is 1. The van der Waals surface area contributed by atoms with Crippen molar-refractivity contribution in [1.29, 1.82) is 0 Å². The summed E-state index contributed by atoms with van der Waals surface area (Å²) in [4.78, 5) is 15.1. The van der Waals surface area contributed by atoms with Crippen LogP contribution in [0.25, 0.3) is 22.1 Å². The van der Waals surface area contributed by atoms with E-state index < -0.39 is 23.1 Å². The lowest BCUT2D eigenvalue weighted by Crippen LogP contribution is -2.36. The molecule has 1 unspecified atom stereocenters. The van der Waals surface area contributed by atoms with Gasteiger partial charge in [0.15, 0.2) is 11.5 Å². The van der Waals surface area contributed by atoms with Gasteiger partial charge in [-0.25, -0.2) is 4.39 Å². The number of carbonyl (C=O) groups is 1. The molecular formula is C23H21FN4O4S. The van der Waals surface area contributed by atoms with Gasteiger partial charge in [-0.15, -0.1) is 0 Å². The molecule has 1 N–H and O–H groups in total. The number of rotatable bonds is 6. The number of nitrogens with zero attached hydrogens (tertiary/aromatic N) is 3. The van der Waals surface area contributed by atoms with Crippen LogP contribution in [-0.2, 0) is 18.4 Å². The van der Waals surface area contributed by atoms with Gasteiger partial charge in [0.1, 0.15) is 22.8 Å². The minimum Gasteiger partial charge on any atom is -0.588 e. The molecule has 0 bridgehead atoms. The topological polar surface area (TPSA) is 95.6 Å². The lowest BCUT2D eigenvalue weighted by Gasteiger charge is -2.33. The van der Waals surface area contributed by atoms with Crippen molar-refractivity contribution >= 4 is 33.9 Å². The summed E-state index contributed by atoms with van der Waals surface area (Å²) in [6, 6.07) is 9.63. The van der Waals surface area contributed by atoms with Crippen LogP contribution >= 0.6 is 0 Å². The van der Waals surface area contributed by atoms with Gasteiger partial charge in [0.2, 0.25) is 4.90 Å². The zero-order valence-corrected chi connectivity index (χ0v) is 18.8. The van der Waals surface area contributed by atoms with Gasteiger partial charge >= 0.3 is 5.91 Å². The fourth-order valence-electron chi connectivity index (χ4n) is 3.71. The van der Waals surface area contributed by atoms with E-state index in [2.05, 4.69) is 9.82 Å². The highest BCUT2D eigenvalue weighted by molar-refractivity contribution is 7.90. The number of anilines is 1. The first-order chi connectivity index (χ1) is 15.9. The Bertz CT molecular complexity index is 1350. The molecule has 2 aromatic carbocycles. The summed E-state index contributed by atoms with van der Waals surface area (Å²) in [6.45, 7) is 1.72. The molecule has 10 heteroatoms. The first-order valence-corrected chi connectivity index (χ1v) is 11.5. The Balaban J connectivity index is 1.40. The lowest BCUT2D eigenvalue weighted by atomic mass is 10.1. The molecule has 0 aliphatic carbocycles. The molecule has 0 spiro atoms. The average Bonchev–Trinajstić information content (AvgIpc) is 3.39. The van der Waals surface area contributed by atoms with Crippen molar-refractivity contribution in [3.63, 3.8) is 0 Å². The molecule has 1 aliphatic rings. The average molecular weight is 469 g/mol. The SMILES string of the molecule is COc1ccc(-c2cnn(C)c2)cc1[S+]([O-])NC(=O)c1cc2c(F)cc(N3CCC3)cc2o1. The number of aryl methyl sites for hydroxylation is 1. The van der Waals surface area contributed by atoms with Crippen LogP contribution in [0.3, 0.4) is 0 Å². The molecule has 1 fully saturated rings. The highest BCUT2D eigenvalue weighted by atomic mass is 32.2. The van der Waals surface area contributed by atoms with Crippen molar-refractivity contribution in [3.8, 4) is 16.9 Å². The maximum atomic E-state index is 14.6. The number of fused-ring (bicyclic) bond motifs is 1. The number of carbonyl (C=O) groups excluding carboxylic acids is 1. The molecule has 1 amide bonds. The Morgan fingerprint density at radius 2 is 2.06 bits per heavy atom. The number of methoxy groups -OCH3 is 1. The molecule has 0 saturated carbocycles. The molecule has 1 saturated heterocycles. The molecule has 8 nitrogen and oxygen atoms in total. The summed E-state index contributed by atoms with van der Waals surface area (Å²) >= 11 is -1.95. The van der Waals surface area contributed by atoms with Crippen molar-refractivity contribution in [2.75, 3.05) is 25.1 Å². The zero-order valence-electron chi connectivity index (χ0n) is 18.0. The molecule has 5 rings (SSSR count). The van der Waals surface area contributed by atoms with Crippen LogP contribution in [0.2, 0.25) is 0 Å². The summed E-state index contributed by atoms with van der Waals surface area (Å²) in [5.74, 6) is -0.955. The zero-order chi connectivity index (χ0) is 23.1. The fraction of sp³-hybridized carbons (Fsp3) is 0.217. The van der Waals surface area contributed by atoms with Gasteiger partial charge in [-0.1, -0.05) is 6.07 Å². The molecule has 1 atom stereocenters. The number of hydrogen-bond donors (Lipinski definition) is 1. The largest absolute Gasteiger partial charge is 0.588 e. The standard InChI is InChI=1S/C23H21FN4O4S/c1-27-13-15(12-25-27)14-4-5-19(31-2)22(8-14)33(30)26-23(29)21-11-17-18(24)9-16(10-20(17)32-21)28-6-3-7-28/h4-5,8-13H,3,6-7H2,1-2H3,(H,26,29). The highest BCUT2D eigenvalue weighted by Crippen LogP contribution is 2.32. The Morgan fingerprint density at radius 1 is 1.24 bits per heavy atom. The third-order valence-electron chi connectivity index (χ3n) is 5.60. The predicted molar refractivity (Wildman–Crippen MR) is 122 cm³/mol. The van der Waals surface area contributed by atoms with E-state index in [1.54, 1.807) is 36.1 Å². The van der Waals surface area contributed by atoms with E-state index in [4.69, 9.17) is 9.15 Å². The molecule has 1 aliphatic heterocycles. The molecule has 170 valence electrons. The van der Waals surface area contributed by atoms with Crippen LogP contribution in [0.1, 0.15) is 17.0 Å². The summed E-state index contributed by atoms with van der Waals surface area (Å²) in [6.07, 6.45) is 4.57. The van der Waals surface area contributed by atoms with Crippen molar-refractivity contribution in [3.05, 3.63) is 60.4 Å². The van der Waals surface area contributed by atoms with Crippen LogP contribution in [0.5, 0.6) is 5.75 Å². The highest BCUT2D eigenvalue weighted by Gasteiger charge is 2.26.